The summed E-state index contributed by atoms with van der Waals surface area (Å²) in [6.07, 6.45) is -3.26. The Hall–Kier alpha value is -2.44. The fourth-order valence-corrected chi connectivity index (χ4v) is 2.45. The number of pyridine rings is 1. The first kappa shape index (κ1) is 26.6. The maximum Gasteiger partial charge on any atom is 0.422 e. The molecule has 31 heavy (non-hydrogen) atoms. The smallest absolute Gasteiger partial charge is 0.422 e. The SMILES string of the molecule is CN=C(NCc1cccnc1OCC(F)(F)F)NCC(C)Oc1ccccc1OC.I. The number of hydrogen-bond acceptors (Lipinski definition) is 5. The second-order valence-electron chi connectivity index (χ2n) is 6.26. The molecule has 0 amide bonds. The van der Waals surface area contributed by atoms with E-state index in [0.717, 1.165) is 0 Å². The quantitative estimate of drug-likeness (QED) is 0.279. The lowest BCUT2D eigenvalue weighted by Crippen LogP contribution is -2.41. The molecule has 2 aromatic rings. The predicted molar refractivity (Wildman–Crippen MR) is 122 cm³/mol. The molecule has 172 valence electrons. The van der Waals surface area contributed by atoms with Gasteiger partial charge in [-0.3, -0.25) is 4.99 Å². The van der Waals surface area contributed by atoms with Gasteiger partial charge in [0, 0.05) is 25.4 Å². The molecule has 0 saturated heterocycles. The molecule has 1 unspecified atom stereocenters. The minimum Gasteiger partial charge on any atom is -0.493 e. The molecule has 0 radical (unpaired) electrons. The minimum atomic E-state index is -4.43. The Kier molecular flexibility index (Phi) is 11.2. The topological polar surface area (TPSA) is 77.0 Å². The molecule has 2 rings (SSSR count). The molecule has 0 fully saturated rings. The van der Waals surface area contributed by atoms with Gasteiger partial charge >= 0.3 is 6.18 Å². The fraction of sp³-hybridized carbons (Fsp3) is 0.400. The summed E-state index contributed by atoms with van der Waals surface area (Å²) in [6, 6.07) is 10.6. The minimum absolute atomic E-state index is 0. The zero-order chi connectivity index (χ0) is 22.0. The highest BCUT2D eigenvalue weighted by Gasteiger charge is 2.29. The largest absolute Gasteiger partial charge is 0.493 e. The summed E-state index contributed by atoms with van der Waals surface area (Å²) >= 11 is 0. The van der Waals surface area contributed by atoms with E-state index in [0.29, 0.717) is 29.6 Å². The van der Waals surface area contributed by atoms with Crippen LogP contribution in [0.25, 0.3) is 0 Å². The third kappa shape index (κ3) is 9.49. The number of hydrogen-bond donors (Lipinski definition) is 2. The Bertz CT molecular complexity index is 837. The van der Waals surface area contributed by atoms with E-state index in [1.807, 2.05) is 31.2 Å². The number of aromatic nitrogens is 1. The van der Waals surface area contributed by atoms with Crippen molar-refractivity contribution in [1.29, 1.82) is 0 Å². The van der Waals surface area contributed by atoms with Crippen LogP contribution in [0, 0.1) is 0 Å². The van der Waals surface area contributed by atoms with Gasteiger partial charge in [-0.2, -0.15) is 13.2 Å². The summed E-state index contributed by atoms with van der Waals surface area (Å²) in [6.45, 7) is 1.10. The van der Waals surface area contributed by atoms with Gasteiger partial charge in [-0.25, -0.2) is 4.98 Å². The molecule has 0 saturated carbocycles. The second kappa shape index (κ2) is 13.1. The van der Waals surface area contributed by atoms with Crippen molar-refractivity contribution in [2.24, 2.45) is 4.99 Å². The van der Waals surface area contributed by atoms with Crippen LogP contribution in [0.5, 0.6) is 17.4 Å². The number of nitrogens with zero attached hydrogens (tertiary/aromatic N) is 2. The van der Waals surface area contributed by atoms with Crippen molar-refractivity contribution in [3.63, 3.8) is 0 Å². The lowest BCUT2D eigenvalue weighted by Gasteiger charge is -2.19. The van der Waals surface area contributed by atoms with Crippen molar-refractivity contribution in [2.45, 2.75) is 25.7 Å². The predicted octanol–water partition coefficient (Wildman–Crippen LogP) is 3.78. The van der Waals surface area contributed by atoms with E-state index in [2.05, 4.69) is 20.6 Å². The number of ether oxygens (including phenoxy) is 3. The average Bonchev–Trinajstić information content (AvgIpc) is 2.73. The number of methoxy groups -OCH3 is 1. The van der Waals surface area contributed by atoms with Gasteiger partial charge in [0.25, 0.3) is 0 Å². The van der Waals surface area contributed by atoms with Gasteiger partial charge in [0.15, 0.2) is 24.1 Å². The molecule has 11 heteroatoms. The van der Waals surface area contributed by atoms with Gasteiger partial charge in [-0.1, -0.05) is 18.2 Å². The lowest BCUT2D eigenvalue weighted by atomic mass is 10.2. The van der Waals surface area contributed by atoms with Gasteiger partial charge in [-0.15, -0.1) is 24.0 Å². The Morgan fingerprint density at radius 2 is 1.84 bits per heavy atom. The summed E-state index contributed by atoms with van der Waals surface area (Å²) in [5, 5.41) is 6.13. The Labute approximate surface area is 196 Å². The van der Waals surface area contributed by atoms with Crippen LogP contribution in [-0.4, -0.2) is 50.5 Å². The van der Waals surface area contributed by atoms with Crippen LogP contribution in [-0.2, 0) is 6.54 Å². The van der Waals surface area contributed by atoms with E-state index >= 15 is 0 Å². The number of rotatable bonds is 9. The first-order valence-electron chi connectivity index (χ1n) is 9.20. The maximum absolute atomic E-state index is 12.4. The molecule has 0 aliphatic carbocycles. The van der Waals surface area contributed by atoms with E-state index in [1.165, 1.54) is 6.20 Å². The summed E-state index contributed by atoms with van der Waals surface area (Å²) in [4.78, 5) is 7.97. The molecule has 0 aliphatic heterocycles. The third-order valence-corrected chi connectivity index (χ3v) is 3.85. The van der Waals surface area contributed by atoms with Crippen molar-refractivity contribution >= 4 is 29.9 Å². The van der Waals surface area contributed by atoms with Crippen LogP contribution in [0.3, 0.4) is 0 Å². The van der Waals surface area contributed by atoms with Crippen LogP contribution >= 0.6 is 24.0 Å². The number of guanidine groups is 1. The summed E-state index contributed by atoms with van der Waals surface area (Å²) in [7, 11) is 3.16. The van der Waals surface area contributed by atoms with Gasteiger partial charge in [-0.05, 0) is 25.1 Å². The lowest BCUT2D eigenvalue weighted by molar-refractivity contribution is -0.154. The highest BCUT2D eigenvalue weighted by molar-refractivity contribution is 14.0. The standard InChI is InChI=1S/C20H25F3N4O3.HI/c1-14(30-17-9-5-4-8-16(17)28-3)11-26-19(24-2)27-12-15-7-6-10-25-18(15)29-13-20(21,22)23;/h4-10,14H,11-13H2,1-3H3,(H2,24,26,27);1H. The zero-order valence-electron chi connectivity index (χ0n) is 17.4. The van der Waals surface area contributed by atoms with E-state index < -0.39 is 12.8 Å². The molecule has 0 spiro atoms. The summed E-state index contributed by atoms with van der Waals surface area (Å²) in [5.74, 6) is 1.63. The molecule has 7 nitrogen and oxygen atoms in total. The van der Waals surface area contributed by atoms with Crippen molar-refractivity contribution in [2.75, 3.05) is 27.3 Å². The van der Waals surface area contributed by atoms with Crippen molar-refractivity contribution in [3.8, 4) is 17.4 Å². The van der Waals surface area contributed by atoms with Crippen molar-refractivity contribution in [3.05, 3.63) is 48.2 Å². The molecule has 1 aromatic heterocycles. The highest BCUT2D eigenvalue weighted by atomic mass is 127. The second-order valence-corrected chi connectivity index (χ2v) is 6.26. The number of para-hydroxylation sites is 2. The first-order chi connectivity index (χ1) is 14.3. The van der Waals surface area contributed by atoms with Crippen molar-refractivity contribution < 1.29 is 27.4 Å². The number of benzene rings is 1. The fourth-order valence-electron chi connectivity index (χ4n) is 2.45. The van der Waals surface area contributed by atoms with Gasteiger partial charge in [0.1, 0.15) is 6.10 Å². The monoisotopic (exact) mass is 554 g/mol. The molecular formula is C20H26F3IN4O3. The maximum atomic E-state index is 12.4. The molecule has 2 N–H and O–H groups in total. The first-order valence-corrected chi connectivity index (χ1v) is 9.20. The van der Waals surface area contributed by atoms with Gasteiger partial charge < -0.3 is 24.8 Å². The van der Waals surface area contributed by atoms with Gasteiger partial charge in [0.05, 0.1) is 13.7 Å². The van der Waals surface area contributed by atoms with Crippen LogP contribution in [0.4, 0.5) is 13.2 Å². The molecular weight excluding hydrogens is 528 g/mol. The van der Waals surface area contributed by atoms with Crippen LogP contribution in [0.15, 0.2) is 47.6 Å². The average molecular weight is 554 g/mol. The molecule has 1 heterocycles. The highest BCUT2D eigenvalue weighted by Crippen LogP contribution is 2.26. The normalized spacial score (nSPS) is 12.4. The molecule has 0 aliphatic rings. The van der Waals surface area contributed by atoms with Crippen molar-refractivity contribution in [1.82, 2.24) is 15.6 Å². The molecule has 1 aromatic carbocycles. The number of nitrogens with one attached hydrogen (secondary N) is 2. The Morgan fingerprint density at radius 3 is 2.48 bits per heavy atom. The Balaban J connectivity index is 0.00000480. The van der Waals surface area contributed by atoms with Crippen LogP contribution < -0.4 is 24.8 Å². The number of halogens is 4. The van der Waals surface area contributed by atoms with E-state index in [9.17, 15) is 13.2 Å². The number of aliphatic imine (C=N–C) groups is 1. The summed E-state index contributed by atoms with van der Waals surface area (Å²) in [5.41, 5.74) is 0.475. The van der Waals surface area contributed by atoms with E-state index in [-0.39, 0.29) is 42.5 Å². The zero-order valence-corrected chi connectivity index (χ0v) is 19.7. The number of alkyl halides is 3. The summed E-state index contributed by atoms with van der Waals surface area (Å²) < 4.78 is 53.1. The third-order valence-electron chi connectivity index (χ3n) is 3.85. The van der Waals surface area contributed by atoms with Gasteiger partial charge in [0.2, 0.25) is 5.88 Å². The van der Waals surface area contributed by atoms with Crippen LogP contribution in [0.1, 0.15) is 12.5 Å². The molecule has 0 bridgehead atoms. The van der Waals surface area contributed by atoms with E-state index in [4.69, 9.17) is 14.2 Å². The van der Waals surface area contributed by atoms with Crippen LogP contribution in [0.2, 0.25) is 0 Å². The Morgan fingerprint density at radius 1 is 1.13 bits per heavy atom. The van der Waals surface area contributed by atoms with E-state index in [1.54, 1.807) is 26.3 Å². The molecule has 1 atom stereocenters.